The average Bonchev–Trinajstić information content (AvgIpc) is 2.15. The molecule has 0 aromatic rings. The van der Waals surface area contributed by atoms with E-state index in [4.69, 9.17) is 4.84 Å². The zero-order valence-electron chi connectivity index (χ0n) is 10.8. The molecule has 0 rings (SSSR count). The molecule has 0 spiro atoms. The quantitative estimate of drug-likeness (QED) is 0.631. The number of hydrogen-bond donors (Lipinski definition) is 0. The fourth-order valence-electron chi connectivity index (χ4n) is 1.60. The summed E-state index contributed by atoms with van der Waals surface area (Å²) in [5.41, 5.74) is 0. The van der Waals surface area contributed by atoms with Gasteiger partial charge in [-0.2, -0.15) is 0 Å². The predicted octanol–water partition coefficient (Wildman–Crippen LogP) is 1.52. The molecule has 15 heavy (non-hydrogen) atoms. The highest BCUT2D eigenvalue weighted by molar-refractivity contribution is 5.74. The molecule has 0 aliphatic heterocycles. The van der Waals surface area contributed by atoms with Gasteiger partial charge >= 0.3 is 0 Å². The van der Waals surface area contributed by atoms with Crippen LogP contribution in [0.3, 0.4) is 0 Å². The lowest BCUT2D eigenvalue weighted by Crippen LogP contribution is -2.39. The second kappa shape index (κ2) is 6.80. The summed E-state index contributed by atoms with van der Waals surface area (Å²) in [4.78, 5) is 18.6. The molecule has 4 heteroatoms. The summed E-state index contributed by atoms with van der Waals surface area (Å²) in [6, 6.07) is 0.927. The van der Waals surface area contributed by atoms with Crippen molar-refractivity contribution >= 4 is 5.91 Å². The Balaban J connectivity index is 4.05. The highest BCUT2D eigenvalue weighted by atomic mass is 16.7. The van der Waals surface area contributed by atoms with E-state index < -0.39 is 0 Å². The Labute approximate surface area is 93.1 Å². The molecule has 0 radical (unpaired) electrons. The zero-order valence-corrected chi connectivity index (χ0v) is 10.8. The Bertz CT molecular complexity index is 185. The van der Waals surface area contributed by atoms with Gasteiger partial charge in [0.15, 0.2) is 0 Å². The molecule has 0 aromatic carbocycles. The minimum Gasteiger partial charge on any atom is -0.298 e. The van der Waals surface area contributed by atoms with Crippen molar-refractivity contribution in [1.29, 1.82) is 0 Å². The Kier molecular flexibility index (Phi) is 6.52. The number of hydrogen-bond acceptors (Lipinski definition) is 3. The predicted molar refractivity (Wildman–Crippen MR) is 61.4 cm³/mol. The smallest absolute Gasteiger partial charge is 0.247 e. The van der Waals surface area contributed by atoms with Gasteiger partial charge in [0, 0.05) is 32.1 Å². The number of amides is 1. The summed E-state index contributed by atoms with van der Waals surface area (Å²) in [5, 5.41) is 1.28. The summed E-state index contributed by atoms with van der Waals surface area (Å²) in [6.45, 7) is 9.35. The van der Waals surface area contributed by atoms with Crippen LogP contribution in [-0.2, 0) is 9.63 Å². The van der Waals surface area contributed by atoms with E-state index in [1.807, 2.05) is 0 Å². The fourth-order valence-corrected chi connectivity index (χ4v) is 1.60. The van der Waals surface area contributed by atoms with Gasteiger partial charge < -0.3 is 0 Å². The van der Waals surface area contributed by atoms with Crippen LogP contribution in [0.2, 0.25) is 0 Å². The Morgan fingerprint density at radius 3 is 2.00 bits per heavy atom. The molecule has 0 unspecified atom stereocenters. The maximum atomic E-state index is 11.5. The largest absolute Gasteiger partial charge is 0.298 e. The summed E-state index contributed by atoms with van der Waals surface area (Å²) < 4.78 is 0. The topological polar surface area (TPSA) is 32.8 Å². The van der Waals surface area contributed by atoms with Gasteiger partial charge in [0.2, 0.25) is 5.91 Å². The molecule has 90 valence electrons. The molecule has 0 atom stereocenters. The summed E-state index contributed by atoms with van der Waals surface area (Å²) in [7, 11) is 3.14. The van der Waals surface area contributed by atoms with Crippen LogP contribution in [0.15, 0.2) is 0 Å². The minimum atomic E-state index is 0.0174. The zero-order chi connectivity index (χ0) is 12.0. The highest BCUT2D eigenvalue weighted by Crippen LogP contribution is 2.06. The third-order valence-corrected chi connectivity index (χ3v) is 2.54. The van der Waals surface area contributed by atoms with E-state index in [1.165, 1.54) is 12.2 Å². The van der Waals surface area contributed by atoms with Crippen LogP contribution in [0.4, 0.5) is 0 Å². The van der Waals surface area contributed by atoms with Crippen LogP contribution in [0.1, 0.15) is 34.1 Å². The van der Waals surface area contributed by atoms with Crippen molar-refractivity contribution in [2.45, 2.75) is 46.2 Å². The van der Waals surface area contributed by atoms with Crippen LogP contribution >= 0.6 is 0 Å². The van der Waals surface area contributed by atoms with Gasteiger partial charge in [0.25, 0.3) is 0 Å². The lowest BCUT2D eigenvalue weighted by Gasteiger charge is -2.30. The molecule has 0 heterocycles. The van der Waals surface area contributed by atoms with E-state index in [-0.39, 0.29) is 5.91 Å². The summed E-state index contributed by atoms with van der Waals surface area (Å²) in [5.74, 6) is 0.0174. The van der Waals surface area contributed by atoms with E-state index in [0.29, 0.717) is 18.5 Å². The first-order valence-electron chi connectivity index (χ1n) is 5.46. The summed E-state index contributed by atoms with van der Waals surface area (Å²) >= 11 is 0. The molecule has 0 N–H and O–H groups in total. The molecule has 0 aliphatic rings. The lowest BCUT2D eigenvalue weighted by atomic mass is 10.2. The number of hydroxylamine groups is 2. The van der Waals surface area contributed by atoms with E-state index in [0.717, 1.165) is 6.54 Å². The number of nitrogens with zero attached hydrogens (tertiary/aromatic N) is 2. The molecule has 1 amide bonds. The second-order valence-electron chi connectivity index (χ2n) is 4.25. The van der Waals surface area contributed by atoms with Crippen LogP contribution in [0, 0.1) is 0 Å². The molecule has 0 fully saturated rings. The van der Waals surface area contributed by atoms with Crippen molar-refractivity contribution in [3.05, 3.63) is 0 Å². The van der Waals surface area contributed by atoms with Crippen molar-refractivity contribution in [1.82, 2.24) is 9.96 Å². The summed E-state index contributed by atoms with van der Waals surface area (Å²) in [6.07, 6.45) is 0.501. The first-order valence-corrected chi connectivity index (χ1v) is 5.46. The van der Waals surface area contributed by atoms with Gasteiger partial charge in [-0.3, -0.25) is 14.5 Å². The van der Waals surface area contributed by atoms with Crippen LogP contribution in [0.5, 0.6) is 0 Å². The van der Waals surface area contributed by atoms with E-state index >= 15 is 0 Å². The molecule has 0 aliphatic carbocycles. The van der Waals surface area contributed by atoms with Crippen LogP contribution in [0.25, 0.3) is 0 Å². The molecule has 0 saturated carbocycles. The highest BCUT2D eigenvalue weighted by Gasteiger charge is 2.16. The Morgan fingerprint density at radius 1 is 1.20 bits per heavy atom. The van der Waals surface area contributed by atoms with Crippen molar-refractivity contribution in [2.75, 3.05) is 20.7 Å². The fraction of sp³-hybridized carbons (Fsp3) is 0.909. The van der Waals surface area contributed by atoms with Gasteiger partial charge in [-0.05, 0) is 27.7 Å². The van der Waals surface area contributed by atoms with Gasteiger partial charge in [-0.25, -0.2) is 5.06 Å². The Morgan fingerprint density at radius 2 is 1.67 bits per heavy atom. The second-order valence-corrected chi connectivity index (χ2v) is 4.25. The first-order chi connectivity index (χ1) is 6.90. The van der Waals surface area contributed by atoms with Crippen molar-refractivity contribution in [3.8, 4) is 0 Å². The standard InChI is InChI=1S/C11H24N2O2/c1-9(2)13(10(3)4)8-7-11(14)12(5)15-6/h9-10H,7-8H2,1-6H3. The SMILES string of the molecule is CON(C)C(=O)CCN(C(C)C)C(C)C. The maximum Gasteiger partial charge on any atom is 0.247 e. The average molecular weight is 216 g/mol. The molecule has 0 bridgehead atoms. The number of carbonyl (C=O) groups is 1. The van der Waals surface area contributed by atoms with Crippen molar-refractivity contribution in [3.63, 3.8) is 0 Å². The van der Waals surface area contributed by atoms with Crippen molar-refractivity contribution < 1.29 is 9.63 Å². The van der Waals surface area contributed by atoms with E-state index in [2.05, 4.69) is 32.6 Å². The van der Waals surface area contributed by atoms with Gasteiger partial charge in [0.1, 0.15) is 0 Å². The third-order valence-electron chi connectivity index (χ3n) is 2.54. The van der Waals surface area contributed by atoms with Crippen LogP contribution < -0.4 is 0 Å². The minimum absolute atomic E-state index is 0.0174. The van der Waals surface area contributed by atoms with Gasteiger partial charge in [-0.1, -0.05) is 0 Å². The molecule has 0 saturated heterocycles. The monoisotopic (exact) mass is 216 g/mol. The lowest BCUT2D eigenvalue weighted by molar-refractivity contribution is -0.169. The van der Waals surface area contributed by atoms with Gasteiger partial charge in [0.05, 0.1) is 7.11 Å². The molecular formula is C11H24N2O2. The third kappa shape index (κ3) is 5.14. The molecular weight excluding hydrogens is 192 g/mol. The van der Waals surface area contributed by atoms with Gasteiger partial charge in [-0.15, -0.1) is 0 Å². The first kappa shape index (κ1) is 14.4. The maximum absolute atomic E-state index is 11.5. The number of rotatable bonds is 6. The normalized spacial score (nSPS) is 11.5. The van der Waals surface area contributed by atoms with E-state index in [1.54, 1.807) is 7.05 Å². The Hall–Kier alpha value is -0.610. The molecule has 4 nitrogen and oxygen atoms in total. The number of carbonyl (C=O) groups excluding carboxylic acids is 1. The molecule has 0 aromatic heterocycles. The van der Waals surface area contributed by atoms with Crippen LogP contribution in [-0.4, -0.2) is 48.7 Å². The van der Waals surface area contributed by atoms with E-state index in [9.17, 15) is 4.79 Å². The van der Waals surface area contributed by atoms with Crippen molar-refractivity contribution in [2.24, 2.45) is 0 Å².